The fourth-order valence-corrected chi connectivity index (χ4v) is 2.89. The van der Waals surface area contributed by atoms with E-state index in [4.69, 9.17) is 13.9 Å². The Hall–Kier alpha value is -2.93. The van der Waals surface area contributed by atoms with E-state index >= 15 is 0 Å². The van der Waals surface area contributed by atoms with Gasteiger partial charge in [-0.1, -0.05) is 6.07 Å². The number of alkyl halides is 6. The lowest BCUT2D eigenvalue weighted by Crippen LogP contribution is -2.22. The smallest absolute Gasteiger partial charge is 0.418 e. The van der Waals surface area contributed by atoms with Crippen molar-refractivity contribution in [2.45, 2.75) is 18.5 Å². The first-order valence-corrected chi connectivity index (χ1v) is 8.50. The van der Waals surface area contributed by atoms with Crippen LogP contribution in [0, 0.1) is 0 Å². The van der Waals surface area contributed by atoms with Crippen LogP contribution in [-0.2, 0) is 21.8 Å². The Balaban J connectivity index is 1.77. The van der Waals surface area contributed by atoms with Crippen LogP contribution in [0.15, 0.2) is 34.9 Å². The lowest BCUT2D eigenvalue weighted by Gasteiger charge is -2.19. The predicted octanol–water partition coefficient (Wildman–Crippen LogP) is 4.05. The minimum atomic E-state index is -4.97. The van der Waals surface area contributed by atoms with Crippen molar-refractivity contribution in [2.24, 2.45) is 0 Å². The Morgan fingerprint density at radius 2 is 1.80 bits per heavy atom. The van der Waals surface area contributed by atoms with Gasteiger partial charge in [0, 0.05) is 0 Å². The number of ether oxygens (including phenoxy) is 2. The van der Waals surface area contributed by atoms with Gasteiger partial charge in [0.2, 0.25) is 5.89 Å². The minimum absolute atomic E-state index is 0.0790. The molecule has 0 spiro atoms. The molecule has 0 radical (unpaired) electrons. The molecule has 1 fully saturated rings. The summed E-state index contributed by atoms with van der Waals surface area (Å²) in [5.74, 6) is -0.575. The molecule has 1 saturated heterocycles. The van der Waals surface area contributed by atoms with Crippen molar-refractivity contribution in [2.75, 3.05) is 19.8 Å². The Bertz CT molecular complexity index is 1040. The van der Waals surface area contributed by atoms with E-state index in [1.165, 1.54) is 0 Å². The molecule has 7 nitrogen and oxygen atoms in total. The standard InChI is InChI=1S/C17H12F6N4O3/c18-16(19,20)9-2-1-3-10(6-9)27-13(17(21,22)23)11(7-24-27)14-25-26-15(30-14)12-8-28-4-5-29-12/h1-3,6-7,12H,4-5,8H2. The van der Waals surface area contributed by atoms with Crippen LogP contribution in [0.3, 0.4) is 0 Å². The first kappa shape index (κ1) is 20.3. The number of benzene rings is 1. The molecule has 0 N–H and O–H groups in total. The average Bonchev–Trinajstić information content (AvgIpc) is 3.35. The van der Waals surface area contributed by atoms with Gasteiger partial charge in [0.05, 0.1) is 42.8 Å². The number of halogens is 6. The van der Waals surface area contributed by atoms with Crippen LogP contribution in [0.5, 0.6) is 0 Å². The third-order valence-corrected chi connectivity index (χ3v) is 4.22. The van der Waals surface area contributed by atoms with Gasteiger partial charge in [0.25, 0.3) is 5.89 Å². The molecule has 3 aromatic rings. The summed E-state index contributed by atoms with van der Waals surface area (Å²) in [6, 6.07) is 3.38. The van der Waals surface area contributed by atoms with Gasteiger partial charge in [-0.15, -0.1) is 10.2 Å². The summed E-state index contributed by atoms with van der Waals surface area (Å²) in [6.07, 6.45) is -9.63. The van der Waals surface area contributed by atoms with Crippen molar-refractivity contribution in [3.63, 3.8) is 0 Å². The van der Waals surface area contributed by atoms with Gasteiger partial charge in [-0.25, -0.2) is 4.68 Å². The van der Waals surface area contributed by atoms with Gasteiger partial charge in [0.1, 0.15) is 0 Å². The lowest BCUT2D eigenvalue weighted by molar-refractivity contribution is -0.142. The maximum atomic E-state index is 13.8. The van der Waals surface area contributed by atoms with E-state index in [9.17, 15) is 26.3 Å². The van der Waals surface area contributed by atoms with E-state index in [1.54, 1.807) is 0 Å². The maximum Gasteiger partial charge on any atom is 0.434 e. The molecule has 1 aliphatic rings. The molecule has 160 valence electrons. The van der Waals surface area contributed by atoms with Crippen LogP contribution >= 0.6 is 0 Å². The highest BCUT2D eigenvalue weighted by Crippen LogP contribution is 2.39. The Morgan fingerprint density at radius 3 is 2.47 bits per heavy atom. The zero-order valence-corrected chi connectivity index (χ0v) is 14.9. The molecular formula is C17H12F6N4O3. The van der Waals surface area contributed by atoms with E-state index in [2.05, 4.69) is 15.3 Å². The first-order chi connectivity index (χ1) is 14.1. The van der Waals surface area contributed by atoms with Crippen molar-refractivity contribution < 1.29 is 40.2 Å². The summed E-state index contributed by atoms with van der Waals surface area (Å²) in [4.78, 5) is 0. The van der Waals surface area contributed by atoms with Crippen molar-refractivity contribution >= 4 is 0 Å². The molecular weight excluding hydrogens is 422 g/mol. The molecule has 13 heteroatoms. The van der Waals surface area contributed by atoms with Gasteiger partial charge in [0.15, 0.2) is 11.8 Å². The van der Waals surface area contributed by atoms with Gasteiger partial charge in [-0.2, -0.15) is 31.4 Å². The average molecular weight is 434 g/mol. The molecule has 1 aliphatic heterocycles. The molecule has 3 heterocycles. The van der Waals surface area contributed by atoms with Crippen molar-refractivity contribution in [3.05, 3.63) is 47.6 Å². The third kappa shape index (κ3) is 3.89. The van der Waals surface area contributed by atoms with Crippen LogP contribution in [0.2, 0.25) is 0 Å². The number of hydrogen-bond acceptors (Lipinski definition) is 6. The predicted molar refractivity (Wildman–Crippen MR) is 86.4 cm³/mol. The van der Waals surface area contributed by atoms with Gasteiger partial charge in [-0.05, 0) is 18.2 Å². The molecule has 30 heavy (non-hydrogen) atoms. The Morgan fingerprint density at radius 1 is 1.00 bits per heavy atom. The Kier molecular flexibility index (Phi) is 5.02. The molecule has 0 aliphatic carbocycles. The topological polar surface area (TPSA) is 75.2 Å². The monoisotopic (exact) mass is 434 g/mol. The minimum Gasteiger partial charge on any atom is -0.418 e. The fraction of sp³-hybridized carbons (Fsp3) is 0.353. The summed E-state index contributed by atoms with van der Waals surface area (Å²) >= 11 is 0. The molecule has 2 aromatic heterocycles. The molecule has 1 aromatic carbocycles. The quantitative estimate of drug-likeness (QED) is 0.579. The Labute approximate surface area is 164 Å². The third-order valence-electron chi connectivity index (χ3n) is 4.22. The number of nitrogens with zero attached hydrogens (tertiary/aromatic N) is 4. The number of hydrogen-bond donors (Lipinski definition) is 0. The fourth-order valence-electron chi connectivity index (χ4n) is 2.89. The van der Waals surface area contributed by atoms with Gasteiger partial charge in [-0.3, -0.25) is 0 Å². The SMILES string of the molecule is FC(F)(F)c1cccc(-n2ncc(-c3nnc(C4COCCO4)o3)c2C(F)(F)F)c1. The summed E-state index contributed by atoms with van der Waals surface area (Å²) < 4.78 is 96.5. The summed E-state index contributed by atoms with van der Waals surface area (Å²) in [7, 11) is 0. The second-order valence-electron chi connectivity index (χ2n) is 6.24. The van der Waals surface area contributed by atoms with Crippen molar-refractivity contribution in [3.8, 4) is 17.1 Å². The summed E-state index contributed by atoms with van der Waals surface area (Å²) in [5.41, 5.74) is -3.46. The second-order valence-corrected chi connectivity index (χ2v) is 6.24. The van der Waals surface area contributed by atoms with E-state index in [-0.39, 0.29) is 19.1 Å². The zero-order valence-electron chi connectivity index (χ0n) is 14.9. The van der Waals surface area contributed by atoms with Crippen LogP contribution < -0.4 is 0 Å². The summed E-state index contributed by atoms with van der Waals surface area (Å²) in [6.45, 7) is 0.709. The highest BCUT2D eigenvalue weighted by atomic mass is 19.4. The van der Waals surface area contributed by atoms with E-state index in [0.717, 1.165) is 24.4 Å². The van der Waals surface area contributed by atoms with E-state index in [0.29, 0.717) is 17.4 Å². The first-order valence-electron chi connectivity index (χ1n) is 8.50. The van der Waals surface area contributed by atoms with E-state index < -0.39 is 46.9 Å². The van der Waals surface area contributed by atoms with Crippen molar-refractivity contribution in [1.82, 2.24) is 20.0 Å². The summed E-state index contributed by atoms with van der Waals surface area (Å²) in [5, 5.41) is 10.9. The van der Waals surface area contributed by atoms with Crippen molar-refractivity contribution in [1.29, 1.82) is 0 Å². The van der Waals surface area contributed by atoms with Crippen LogP contribution in [0.1, 0.15) is 23.3 Å². The van der Waals surface area contributed by atoms with Crippen LogP contribution in [0.25, 0.3) is 17.1 Å². The molecule has 1 unspecified atom stereocenters. The van der Waals surface area contributed by atoms with E-state index in [1.807, 2.05) is 0 Å². The molecule has 0 amide bonds. The molecule has 4 rings (SSSR count). The van der Waals surface area contributed by atoms with Crippen LogP contribution in [0.4, 0.5) is 26.3 Å². The normalized spacial score (nSPS) is 18.0. The molecule has 0 bridgehead atoms. The highest BCUT2D eigenvalue weighted by Gasteiger charge is 2.41. The van der Waals surface area contributed by atoms with Crippen LogP contribution in [-0.4, -0.2) is 39.8 Å². The number of rotatable bonds is 3. The highest BCUT2D eigenvalue weighted by molar-refractivity contribution is 5.58. The number of aromatic nitrogens is 4. The zero-order chi connectivity index (χ0) is 21.5. The largest absolute Gasteiger partial charge is 0.434 e. The second kappa shape index (κ2) is 7.40. The molecule has 1 atom stereocenters. The molecule has 0 saturated carbocycles. The maximum absolute atomic E-state index is 13.8. The lowest BCUT2D eigenvalue weighted by atomic mass is 10.2. The van der Waals surface area contributed by atoms with Gasteiger partial charge < -0.3 is 13.9 Å². The van der Waals surface area contributed by atoms with Gasteiger partial charge >= 0.3 is 12.4 Å².